The van der Waals surface area contributed by atoms with Crippen LogP contribution in [-0.2, 0) is 10.0 Å². The predicted molar refractivity (Wildman–Crippen MR) is 83.9 cm³/mol. The largest absolute Gasteiger partial charge is 0.350 e. The van der Waals surface area contributed by atoms with Crippen molar-refractivity contribution in [1.29, 1.82) is 0 Å². The Kier molecular flexibility index (Phi) is 6.64. The van der Waals surface area contributed by atoms with Crippen molar-refractivity contribution in [2.24, 2.45) is 5.14 Å². The summed E-state index contributed by atoms with van der Waals surface area (Å²) in [7, 11) is -3.86. The lowest BCUT2D eigenvalue weighted by molar-refractivity contribution is 0.0938. The van der Waals surface area contributed by atoms with Gasteiger partial charge in [0.25, 0.3) is 5.91 Å². The van der Waals surface area contributed by atoms with Gasteiger partial charge in [0.05, 0.1) is 15.5 Å². The van der Waals surface area contributed by atoms with E-state index in [1.807, 2.05) is 6.92 Å². The summed E-state index contributed by atoms with van der Waals surface area (Å²) in [6.07, 6.45) is 4.12. The number of nitrogens with one attached hydrogen (secondary N) is 1. The molecule has 0 aliphatic carbocycles. The number of unbranched alkanes of at least 4 members (excludes halogenated alkanes) is 2. The van der Waals surface area contributed by atoms with Crippen LogP contribution >= 0.6 is 11.6 Å². The van der Waals surface area contributed by atoms with Gasteiger partial charge in [-0.15, -0.1) is 0 Å². The first-order valence-corrected chi connectivity index (χ1v) is 8.81. The predicted octanol–water partition coefficient (Wildman–Crippen LogP) is 2.69. The molecule has 0 saturated carbocycles. The molecule has 5 nitrogen and oxygen atoms in total. The van der Waals surface area contributed by atoms with Crippen molar-refractivity contribution in [3.63, 3.8) is 0 Å². The van der Waals surface area contributed by atoms with E-state index in [4.69, 9.17) is 16.7 Å². The van der Waals surface area contributed by atoms with Gasteiger partial charge in [-0.3, -0.25) is 4.79 Å². The lowest BCUT2D eigenvalue weighted by Crippen LogP contribution is -2.32. The van der Waals surface area contributed by atoms with Gasteiger partial charge < -0.3 is 5.32 Å². The van der Waals surface area contributed by atoms with Gasteiger partial charge in [0.2, 0.25) is 10.0 Å². The molecule has 1 amide bonds. The molecule has 1 rings (SSSR count). The maximum absolute atomic E-state index is 12.2. The van der Waals surface area contributed by atoms with Crippen molar-refractivity contribution < 1.29 is 13.2 Å². The molecule has 1 atom stereocenters. The third-order valence-corrected chi connectivity index (χ3v) is 4.37. The minimum absolute atomic E-state index is 0.00161. The summed E-state index contributed by atoms with van der Waals surface area (Å²) >= 11 is 5.95. The number of rotatable bonds is 7. The van der Waals surface area contributed by atoms with E-state index in [1.54, 1.807) is 0 Å². The summed E-state index contributed by atoms with van der Waals surface area (Å²) in [5.41, 5.74) is 0.116. The summed E-state index contributed by atoms with van der Waals surface area (Å²) < 4.78 is 22.6. The maximum Gasteiger partial charge on any atom is 0.253 e. The molecule has 0 aromatic heterocycles. The summed E-state index contributed by atoms with van der Waals surface area (Å²) in [6, 6.07) is 3.83. The van der Waals surface area contributed by atoms with Crippen LogP contribution in [-0.4, -0.2) is 20.4 Å². The van der Waals surface area contributed by atoms with Crippen LogP contribution in [0.15, 0.2) is 23.1 Å². The highest BCUT2D eigenvalue weighted by atomic mass is 35.5. The smallest absolute Gasteiger partial charge is 0.253 e. The van der Waals surface area contributed by atoms with E-state index in [0.29, 0.717) is 0 Å². The number of amides is 1. The van der Waals surface area contributed by atoms with Gasteiger partial charge in [-0.25, -0.2) is 13.6 Å². The summed E-state index contributed by atoms with van der Waals surface area (Å²) in [4.78, 5) is 12.0. The molecule has 0 aliphatic rings. The number of sulfonamides is 1. The number of carbonyl (C=O) groups excluding carboxylic acids is 1. The average molecular weight is 333 g/mol. The molecule has 0 saturated heterocycles. The van der Waals surface area contributed by atoms with Crippen LogP contribution in [0.4, 0.5) is 0 Å². The molecule has 0 heterocycles. The first kappa shape index (κ1) is 17.9. The fourth-order valence-corrected chi connectivity index (χ4v) is 2.67. The van der Waals surface area contributed by atoms with Crippen molar-refractivity contribution in [3.05, 3.63) is 28.8 Å². The molecular formula is C14H21ClN2O3S. The summed E-state index contributed by atoms with van der Waals surface area (Å²) in [5, 5.41) is 8.07. The molecule has 1 unspecified atom stereocenters. The Morgan fingerprint density at radius 1 is 1.38 bits per heavy atom. The second kappa shape index (κ2) is 7.77. The molecule has 0 fully saturated rings. The topological polar surface area (TPSA) is 89.3 Å². The van der Waals surface area contributed by atoms with Crippen molar-refractivity contribution in [1.82, 2.24) is 5.32 Å². The van der Waals surface area contributed by atoms with E-state index in [0.717, 1.165) is 25.7 Å². The quantitative estimate of drug-likeness (QED) is 0.752. The number of benzene rings is 1. The van der Waals surface area contributed by atoms with Crippen LogP contribution in [0.5, 0.6) is 0 Å². The molecule has 3 N–H and O–H groups in total. The lowest BCUT2D eigenvalue weighted by atomic mass is 10.1. The molecule has 0 radical (unpaired) electrons. The Morgan fingerprint density at radius 3 is 2.62 bits per heavy atom. The van der Waals surface area contributed by atoms with E-state index in [2.05, 4.69) is 12.2 Å². The van der Waals surface area contributed by atoms with Gasteiger partial charge in [0, 0.05) is 6.04 Å². The molecule has 1 aromatic carbocycles. The number of halogens is 1. The zero-order valence-electron chi connectivity index (χ0n) is 12.2. The van der Waals surface area contributed by atoms with E-state index in [-0.39, 0.29) is 21.5 Å². The Bertz CT molecular complexity index is 602. The maximum atomic E-state index is 12.2. The standard InChI is InChI=1S/C14H21ClN2O3S/c1-3-4-5-6-10(2)17-14(18)12-9-11(21(16,19)20)7-8-13(12)15/h7-10H,3-6H2,1-2H3,(H,17,18)(H2,16,19,20). The number of carbonyl (C=O) groups is 1. The van der Waals surface area contributed by atoms with Gasteiger partial charge >= 0.3 is 0 Å². The summed E-state index contributed by atoms with van der Waals surface area (Å²) in [5.74, 6) is -0.394. The van der Waals surface area contributed by atoms with Crippen LogP contribution in [0.25, 0.3) is 0 Å². The molecule has 0 bridgehead atoms. The zero-order valence-corrected chi connectivity index (χ0v) is 13.8. The Labute approximate surface area is 130 Å². The summed E-state index contributed by atoms with van der Waals surface area (Å²) in [6.45, 7) is 4.02. The van der Waals surface area contributed by atoms with Crippen molar-refractivity contribution in [3.8, 4) is 0 Å². The minimum atomic E-state index is -3.86. The van der Waals surface area contributed by atoms with Crippen LogP contribution in [0, 0.1) is 0 Å². The molecule has 7 heteroatoms. The van der Waals surface area contributed by atoms with E-state index in [1.165, 1.54) is 18.2 Å². The van der Waals surface area contributed by atoms with Crippen LogP contribution in [0.1, 0.15) is 49.9 Å². The van der Waals surface area contributed by atoms with Gasteiger partial charge in [0.1, 0.15) is 0 Å². The average Bonchev–Trinajstić information content (AvgIpc) is 2.37. The lowest BCUT2D eigenvalue weighted by Gasteiger charge is -2.14. The van der Waals surface area contributed by atoms with Gasteiger partial charge in [-0.1, -0.05) is 37.8 Å². The molecule has 0 spiro atoms. The van der Waals surface area contributed by atoms with Gasteiger partial charge in [-0.2, -0.15) is 0 Å². The minimum Gasteiger partial charge on any atom is -0.350 e. The number of hydrogen-bond acceptors (Lipinski definition) is 3. The Hall–Kier alpha value is -1.11. The Balaban J connectivity index is 2.82. The zero-order chi connectivity index (χ0) is 16.0. The van der Waals surface area contributed by atoms with Crippen molar-refractivity contribution >= 4 is 27.5 Å². The molecule has 118 valence electrons. The van der Waals surface area contributed by atoms with E-state index in [9.17, 15) is 13.2 Å². The normalized spacial score (nSPS) is 13.0. The Morgan fingerprint density at radius 2 is 2.05 bits per heavy atom. The monoisotopic (exact) mass is 332 g/mol. The van der Waals surface area contributed by atoms with Gasteiger partial charge in [0.15, 0.2) is 0 Å². The number of nitrogens with two attached hydrogens (primary N) is 1. The third kappa shape index (κ3) is 5.65. The van der Waals surface area contributed by atoms with Crippen molar-refractivity contribution in [2.45, 2.75) is 50.5 Å². The highest BCUT2D eigenvalue weighted by molar-refractivity contribution is 7.89. The van der Waals surface area contributed by atoms with Crippen LogP contribution in [0.2, 0.25) is 5.02 Å². The molecule has 21 heavy (non-hydrogen) atoms. The van der Waals surface area contributed by atoms with E-state index >= 15 is 0 Å². The van der Waals surface area contributed by atoms with Crippen LogP contribution in [0.3, 0.4) is 0 Å². The second-order valence-electron chi connectivity index (χ2n) is 5.06. The second-order valence-corrected chi connectivity index (χ2v) is 7.03. The van der Waals surface area contributed by atoms with Crippen LogP contribution < -0.4 is 10.5 Å². The number of hydrogen-bond donors (Lipinski definition) is 2. The first-order valence-electron chi connectivity index (χ1n) is 6.89. The fraction of sp³-hybridized carbons (Fsp3) is 0.500. The first-order chi connectivity index (χ1) is 9.75. The fourth-order valence-electron chi connectivity index (χ4n) is 1.93. The van der Waals surface area contributed by atoms with E-state index < -0.39 is 15.9 Å². The molecular weight excluding hydrogens is 312 g/mol. The number of primary sulfonamides is 1. The highest BCUT2D eigenvalue weighted by Crippen LogP contribution is 2.20. The van der Waals surface area contributed by atoms with Crippen molar-refractivity contribution in [2.75, 3.05) is 0 Å². The highest BCUT2D eigenvalue weighted by Gasteiger charge is 2.17. The third-order valence-electron chi connectivity index (χ3n) is 3.13. The van der Waals surface area contributed by atoms with Gasteiger partial charge in [-0.05, 0) is 31.5 Å². The molecule has 0 aliphatic heterocycles. The molecule has 1 aromatic rings. The SMILES string of the molecule is CCCCCC(C)NC(=O)c1cc(S(N)(=O)=O)ccc1Cl.